The van der Waals surface area contributed by atoms with Crippen molar-refractivity contribution >= 4 is 17.7 Å². The molecule has 0 bridgehead atoms. The zero-order valence-electron chi connectivity index (χ0n) is 12.2. The Morgan fingerprint density at radius 3 is 2.91 bits per heavy atom. The lowest BCUT2D eigenvalue weighted by molar-refractivity contribution is 0.317. The number of nitrogens with zero attached hydrogens (tertiary/aromatic N) is 5. The fourth-order valence-corrected chi connectivity index (χ4v) is 1.83. The number of hydrazone groups is 1. The first kappa shape index (κ1) is 14.0. The molecule has 0 radical (unpaired) electrons. The Morgan fingerprint density at radius 2 is 2.09 bits per heavy atom. The molecule has 1 N–H and O–H groups in total. The molecule has 3 aromatic rings. The molecule has 2 heterocycles. The van der Waals surface area contributed by atoms with Gasteiger partial charge in [-0.15, -0.1) is 15.3 Å². The highest BCUT2D eigenvalue weighted by molar-refractivity contribution is 5.80. The maximum atomic E-state index is 5.53. The van der Waals surface area contributed by atoms with Crippen LogP contribution in [0.2, 0.25) is 0 Å². The van der Waals surface area contributed by atoms with Crippen LogP contribution in [-0.4, -0.2) is 32.6 Å². The lowest BCUT2D eigenvalue weighted by Gasteiger charge is -2.04. The summed E-state index contributed by atoms with van der Waals surface area (Å²) in [5.41, 5.74) is 4.54. The van der Waals surface area contributed by atoms with E-state index in [1.165, 1.54) is 0 Å². The molecule has 7 nitrogen and oxygen atoms in total. The second-order valence-electron chi connectivity index (χ2n) is 4.64. The molecule has 0 atom stereocenters. The Kier molecular flexibility index (Phi) is 4.24. The van der Waals surface area contributed by atoms with E-state index in [0.717, 1.165) is 24.3 Å². The van der Waals surface area contributed by atoms with Gasteiger partial charge in [0.25, 0.3) is 0 Å². The smallest absolute Gasteiger partial charge is 0.177 e. The summed E-state index contributed by atoms with van der Waals surface area (Å²) in [7, 11) is 0. The molecule has 1 aromatic carbocycles. The van der Waals surface area contributed by atoms with Crippen LogP contribution in [-0.2, 0) is 0 Å². The Hall–Kier alpha value is -2.96. The number of anilines is 1. The zero-order chi connectivity index (χ0) is 15.2. The van der Waals surface area contributed by atoms with Gasteiger partial charge in [0.15, 0.2) is 11.5 Å². The minimum Gasteiger partial charge on any atom is -0.494 e. The summed E-state index contributed by atoms with van der Waals surface area (Å²) >= 11 is 0. The molecule has 7 heteroatoms. The number of hydrogen-bond donors (Lipinski definition) is 1. The van der Waals surface area contributed by atoms with Gasteiger partial charge < -0.3 is 4.74 Å². The molecule has 0 spiro atoms. The molecule has 0 saturated carbocycles. The van der Waals surface area contributed by atoms with E-state index in [1.54, 1.807) is 23.1 Å². The van der Waals surface area contributed by atoms with Crippen molar-refractivity contribution in [3.63, 3.8) is 0 Å². The molecule has 2 aromatic heterocycles. The largest absolute Gasteiger partial charge is 0.494 e. The molecule has 0 unspecified atom stereocenters. The van der Waals surface area contributed by atoms with Gasteiger partial charge in [-0.05, 0) is 48.4 Å². The summed E-state index contributed by atoms with van der Waals surface area (Å²) in [6.07, 6.45) is 4.26. The van der Waals surface area contributed by atoms with Crippen LogP contribution >= 0.6 is 0 Å². The fraction of sp³-hybridized carbons (Fsp3) is 0.200. The van der Waals surface area contributed by atoms with E-state index in [0.29, 0.717) is 11.5 Å². The molecule has 22 heavy (non-hydrogen) atoms. The first-order chi connectivity index (χ1) is 10.8. The van der Waals surface area contributed by atoms with Gasteiger partial charge in [0, 0.05) is 0 Å². The summed E-state index contributed by atoms with van der Waals surface area (Å²) in [4.78, 5) is 0. The molecule has 0 aliphatic rings. The van der Waals surface area contributed by atoms with Crippen LogP contribution in [0.4, 0.5) is 5.82 Å². The SMILES string of the molecule is CCCOc1ccc(/C=N/Nc2ccc3nncn3n2)cc1. The minimum absolute atomic E-state index is 0.617. The minimum atomic E-state index is 0.617. The number of nitrogens with one attached hydrogen (secondary N) is 1. The summed E-state index contributed by atoms with van der Waals surface area (Å²) in [6.45, 7) is 2.81. The van der Waals surface area contributed by atoms with Crippen molar-refractivity contribution in [1.29, 1.82) is 0 Å². The van der Waals surface area contributed by atoms with Gasteiger partial charge in [0.1, 0.15) is 12.1 Å². The fourth-order valence-electron chi connectivity index (χ4n) is 1.83. The molecule has 112 valence electrons. The Balaban J connectivity index is 1.61. The highest BCUT2D eigenvalue weighted by Crippen LogP contribution is 2.11. The highest BCUT2D eigenvalue weighted by Gasteiger charge is 1.97. The van der Waals surface area contributed by atoms with Gasteiger partial charge in [0.05, 0.1) is 12.8 Å². The summed E-state index contributed by atoms with van der Waals surface area (Å²) in [5.74, 6) is 1.48. The van der Waals surface area contributed by atoms with E-state index in [4.69, 9.17) is 4.74 Å². The standard InChI is InChI=1S/C15H16N6O/c1-2-9-22-13-5-3-12(4-6-13)10-16-18-14-7-8-15-19-17-11-21(15)20-14/h3-8,10-11H,2,9H2,1H3,(H,18,20)/b16-10+. The lowest BCUT2D eigenvalue weighted by atomic mass is 10.2. The maximum Gasteiger partial charge on any atom is 0.177 e. The van der Waals surface area contributed by atoms with Crippen molar-refractivity contribution in [2.75, 3.05) is 12.0 Å². The third-order valence-electron chi connectivity index (χ3n) is 2.91. The van der Waals surface area contributed by atoms with E-state index in [2.05, 4.69) is 32.7 Å². The Morgan fingerprint density at radius 1 is 1.23 bits per heavy atom. The topological polar surface area (TPSA) is 76.7 Å². The predicted octanol–water partition coefficient (Wildman–Crippen LogP) is 2.36. The molecule has 0 amide bonds. The van der Waals surface area contributed by atoms with Crippen LogP contribution in [0.5, 0.6) is 5.75 Å². The number of benzene rings is 1. The molecule has 0 aliphatic heterocycles. The maximum absolute atomic E-state index is 5.53. The van der Waals surface area contributed by atoms with Crippen molar-refractivity contribution in [3.05, 3.63) is 48.3 Å². The number of hydrogen-bond acceptors (Lipinski definition) is 6. The number of ether oxygens (including phenoxy) is 1. The Labute approximate surface area is 127 Å². The van der Waals surface area contributed by atoms with E-state index in [-0.39, 0.29) is 0 Å². The van der Waals surface area contributed by atoms with Gasteiger partial charge in [-0.3, -0.25) is 5.43 Å². The van der Waals surface area contributed by atoms with E-state index in [1.807, 2.05) is 30.3 Å². The van der Waals surface area contributed by atoms with Crippen molar-refractivity contribution in [2.45, 2.75) is 13.3 Å². The molecule has 3 rings (SSSR count). The summed E-state index contributed by atoms with van der Waals surface area (Å²) in [5, 5.41) is 16.1. The van der Waals surface area contributed by atoms with Crippen LogP contribution in [0.25, 0.3) is 5.65 Å². The van der Waals surface area contributed by atoms with Crippen molar-refractivity contribution in [3.8, 4) is 5.75 Å². The number of rotatable bonds is 6. The summed E-state index contributed by atoms with van der Waals surface area (Å²) in [6, 6.07) is 11.4. The van der Waals surface area contributed by atoms with E-state index < -0.39 is 0 Å². The monoisotopic (exact) mass is 296 g/mol. The average molecular weight is 296 g/mol. The van der Waals surface area contributed by atoms with E-state index in [9.17, 15) is 0 Å². The molecular formula is C15H16N6O. The van der Waals surface area contributed by atoms with Gasteiger partial charge in [-0.25, -0.2) is 0 Å². The van der Waals surface area contributed by atoms with Crippen LogP contribution in [0.1, 0.15) is 18.9 Å². The van der Waals surface area contributed by atoms with Crippen LogP contribution in [0.15, 0.2) is 47.8 Å². The van der Waals surface area contributed by atoms with Crippen LogP contribution in [0.3, 0.4) is 0 Å². The summed E-state index contributed by atoms with van der Waals surface area (Å²) < 4.78 is 7.11. The van der Waals surface area contributed by atoms with Crippen molar-refractivity contribution in [1.82, 2.24) is 19.8 Å². The van der Waals surface area contributed by atoms with Gasteiger partial charge in [-0.2, -0.15) is 9.62 Å². The average Bonchev–Trinajstić information content (AvgIpc) is 3.02. The van der Waals surface area contributed by atoms with Crippen molar-refractivity contribution in [2.24, 2.45) is 5.10 Å². The number of aromatic nitrogens is 4. The second-order valence-corrected chi connectivity index (χ2v) is 4.64. The Bertz CT molecular complexity index is 765. The third-order valence-corrected chi connectivity index (χ3v) is 2.91. The normalized spacial score (nSPS) is 11.1. The number of fused-ring (bicyclic) bond motifs is 1. The molecular weight excluding hydrogens is 280 g/mol. The molecule has 0 aliphatic carbocycles. The van der Waals surface area contributed by atoms with Gasteiger partial charge in [0.2, 0.25) is 0 Å². The first-order valence-corrected chi connectivity index (χ1v) is 7.04. The van der Waals surface area contributed by atoms with Gasteiger partial charge in [-0.1, -0.05) is 6.92 Å². The molecule has 0 fully saturated rings. The van der Waals surface area contributed by atoms with Gasteiger partial charge >= 0.3 is 0 Å². The predicted molar refractivity (Wildman–Crippen MR) is 84.2 cm³/mol. The van der Waals surface area contributed by atoms with E-state index >= 15 is 0 Å². The van der Waals surface area contributed by atoms with Crippen LogP contribution < -0.4 is 10.2 Å². The second kappa shape index (κ2) is 6.66. The highest BCUT2D eigenvalue weighted by atomic mass is 16.5. The lowest BCUT2D eigenvalue weighted by Crippen LogP contribution is -1.98. The zero-order valence-corrected chi connectivity index (χ0v) is 12.2. The van der Waals surface area contributed by atoms with Crippen molar-refractivity contribution < 1.29 is 4.74 Å². The molecule has 0 saturated heterocycles. The van der Waals surface area contributed by atoms with Crippen LogP contribution in [0, 0.1) is 0 Å². The quantitative estimate of drug-likeness (QED) is 0.558. The first-order valence-electron chi connectivity index (χ1n) is 7.04. The third kappa shape index (κ3) is 3.38.